The maximum Gasteiger partial charge on any atom is 0.260 e. The van der Waals surface area contributed by atoms with Gasteiger partial charge in [0.05, 0.1) is 35.1 Å². The van der Waals surface area contributed by atoms with E-state index in [1.807, 2.05) is 0 Å². The van der Waals surface area contributed by atoms with Crippen molar-refractivity contribution in [2.24, 2.45) is 5.92 Å². The number of carbonyl (C=O) groups excluding carboxylic acids is 1. The first kappa shape index (κ1) is 22.2. The highest BCUT2D eigenvalue weighted by molar-refractivity contribution is 7.91. The number of aromatic nitrogens is 1. The van der Waals surface area contributed by atoms with Crippen molar-refractivity contribution in [3.8, 4) is 5.75 Å². The van der Waals surface area contributed by atoms with E-state index in [2.05, 4.69) is 10.3 Å². The molecule has 2 aromatic rings. The number of methoxy groups -OCH3 is 1. The lowest BCUT2D eigenvalue weighted by Crippen LogP contribution is -2.30. The fraction of sp³-hybridized carbons (Fsp3) is 0.429. The SMILES string of the molecule is COc1ccc(S(=O)(=O)CC2CCCC[C@H]2O)cc1C(=O)Nc1ccc(F)c(C)n1. The predicted molar refractivity (Wildman–Crippen MR) is 110 cm³/mol. The molecule has 0 radical (unpaired) electrons. The molecule has 9 heteroatoms. The third-order valence-corrected chi connectivity index (χ3v) is 7.18. The average Bonchev–Trinajstić information content (AvgIpc) is 2.71. The second-order valence-corrected chi connectivity index (χ2v) is 9.51. The molecule has 1 saturated carbocycles. The van der Waals surface area contributed by atoms with Gasteiger partial charge in [0.2, 0.25) is 0 Å². The molecule has 2 atom stereocenters. The molecule has 1 aromatic carbocycles. The van der Waals surface area contributed by atoms with Crippen LogP contribution in [0.5, 0.6) is 5.75 Å². The highest BCUT2D eigenvalue weighted by atomic mass is 32.2. The second kappa shape index (κ2) is 9.09. The predicted octanol–water partition coefficient (Wildman–Crippen LogP) is 3.11. The van der Waals surface area contributed by atoms with E-state index in [4.69, 9.17) is 4.74 Å². The van der Waals surface area contributed by atoms with Crippen molar-refractivity contribution in [3.63, 3.8) is 0 Å². The zero-order valence-corrected chi connectivity index (χ0v) is 17.7. The number of amides is 1. The van der Waals surface area contributed by atoms with Crippen LogP contribution in [0.25, 0.3) is 0 Å². The summed E-state index contributed by atoms with van der Waals surface area (Å²) in [5.41, 5.74) is 0.147. The van der Waals surface area contributed by atoms with E-state index in [9.17, 15) is 22.7 Å². The van der Waals surface area contributed by atoms with Crippen molar-refractivity contribution < 1.29 is 27.4 Å². The first-order valence-corrected chi connectivity index (χ1v) is 11.4. The number of nitrogens with zero attached hydrogens (tertiary/aromatic N) is 1. The molecule has 1 amide bonds. The summed E-state index contributed by atoms with van der Waals surface area (Å²) >= 11 is 0. The Labute approximate surface area is 175 Å². The molecule has 0 spiro atoms. The Hall–Kier alpha value is -2.52. The number of aliphatic hydroxyl groups is 1. The van der Waals surface area contributed by atoms with E-state index in [1.165, 1.54) is 44.4 Å². The number of anilines is 1. The lowest BCUT2D eigenvalue weighted by molar-refractivity contribution is 0.0807. The summed E-state index contributed by atoms with van der Waals surface area (Å²) in [6.07, 6.45) is 2.39. The largest absolute Gasteiger partial charge is 0.496 e. The minimum atomic E-state index is -3.72. The summed E-state index contributed by atoms with van der Waals surface area (Å²) in [5.74, 6) is -1.29. The van der Waals surface area contributed by atoms with Crippen molar-refractivity contribution in [2.45, 2.75) is 43.6 Å². The quantitative estimate of drug-likeness (QED) is 0.721. The van der Waals surface area contributed by atoms with Gasteiger partial charge in [-0.3, -0.25) is 4.79 Å². The number of hydrogen-bond acceptors (Lipinski definition) is 6. The van der Waals surface area contributed by atoms with Crippen LogP contribution in [-0.4, -0.2) is 43.4 Å². The molecular formula is C21H25FN2O5S. The molecule has 1 aliphatic rings. The maximum atomic E-state index is 13.4. The number of carbonyl (C=O) groups is 1. The molecular weight excluding hydrogens is 411 g/mol. The van der Waals surface area contributed by atoms with Crippen LogP contribution in [0.2, 0.25) is 0 Å². The van der Waals surface area contributed by atoms with Crippen molar-refractivity contribution >= 4 is 21.6 Å². The minimum absolute atomic E-state index is 0.0190. The first-order chi connectivity index (χ1) is 14.2. The van der Waals surface area contributed by atoms with E-state index >= 15 is 0 Å². The fourth-order valence-electron chi connectivity index (χ4n) is 3.62. The number of ether oxygens (including phenoxy) is 1. The number of nitrogens with one attached hydrogen (secondary N) is 1. The van der Waals surface area contributed by atoms with Gasteiger partial charge in [0.15, 0.2) is 9.84 Å². The highest BCUT2D eigenvalue weighted by Gasteiger charge is 2.30. The van der Waals surface area contributed by atoms with Crippen LogP contribution in [0.1, 0.15) is 41.7 Å². The molecule has 30 heavy (non-hydrogen) atoms. The third kappa shape index (κ3) is 4.96. The van der Waals surface area contributed by atoms with Gasteiger partial charge in [-0.1, -0.05) is 12.8 Å². The standard InChI is InChI=1S/C21H25FN2O5S/c1-13-17(22)8-10-20(23-13)24-21(26)16-11-15(7-9-19(16)29-2)30(27,28)12-14-5-3-4-6-18(14)25/h7-11,14,18,25H,3-6,12H2,1-2H3,(H,23,24,26)/t14?,18-/m1/s1. The number of rotatable bonds is 6. The smallest absolute Gasteiger partial charge is 0.260 e. The summed E-state index contributed by atoms with van der Waals surface area (Å²) in [5, 5.41) is 12.7. The molecule has 2 N–H and O–H groups in total. The number of aliphatic hydroxyl groups excluding tert-OH is 1. The molecule has 1 unspecified atom stereocenters. The summed E-state index contributed by atoms with van der Waals surface area (Å²) in [6, 6.07) is 6.57. The highest BCUT2D eigenvalue weighted by Crippen LogP contribution is 2.29. The summed E-state index contributed by atoms with van der Waals surface area (Å²) in [4.78, 5) is 16.7. The fourth-order valence-corrected chi connectivity index (χ4v) is 5.33. The zero-order valence-electron chi connectivity index (χ0n) is 16.9. The van der Waals surface area contributed by atoms with E-state index in [0.29, 0.717) is 12.8 Å². The van der Waals surface area contributed by atoms with Gasteiger partial charge < -0.3 is 15.2 Å². The second-order valence-electron chi connectivity index (χ2n) is 7.47. The molecule has 1 aromatic heterocycles. The van der Waals surface area contributed by atoms with Crippen LogP contribution in [-0.2, 0) is 9.84 Å². The van der Waals surface area contributed by atoms with Gasteiger partial charge in [-0.05, 0) is 56.0 Å². The Bertz CT molecular complexity index is 1040. The van der Waals surface area contributed by atoms with Crippen LogP contribution in [0.15, 0.2) is 35.2 Å². The van der Waals surface area contributed by atoms with Crippen LogP contribution in [0, 0.1) is 18.7 Å². The lowest BCUT2D eigenvalue weighted by Gasteiger charge is -2.27. The molecule has 3 rings (SSSR count). The van der Waals surface area contributed by atoms with Crippen LogP contribution >= 0.6 is 0 Å². The van der Waals surface area contributed by atoms with Gasteiger partial charge in [0, 0.05) is 0 Å². The number of benzene rings is 1. The van der Waals surface area contributed by atoms with E-state index in [-0.39, 0.29) is 39.4 Å². The maximum absolute atomic E-state index is 13.4. The number of hydrogen-bond donors (Lipinski definition) is 2. The van der Waals surface area contributed by atoms with Crippen LogP contribution < -0.4 is 10.1 Å². The van der Waals surface area contributed by atoms with Gasteiger partial charge in [-0.2, -0.15) is 0 Å². The number of sulfone groups is 1. The van der Waals surface area contributed by atoms with E-state index in [1.54, 1.807) is 0 Å². The first-order valence-electron chi connectivity index (χ1n) is 9.74. The minimum Gasteiger partial charge on any atom is -0.496 e. The average molecular weight is 437 g/mol. The Kier molecular flexibility index (Phi) is 6.72. The molecule has 0 aliphatic heterocycles. The summed E-state index contributed by atoms with van der Waals surface area (Å²) < 4.78 is 44.5. The summed E-state index contributed by atoms with van der Waals surface area (Å²) in [7, 11) is -2.35. The van der Waals surface area contributed by atoms with Crippen LogP contribution in [0.3, 0.4) is 0 Å². The van der Waals surface area contributed by atoms with Crippen molar-refractivity contribution in [3.05, 3.63) is 47.4 Å². The Morgan fingerprint density at radius 2 is 2.00 bits per heavy atom. The molecule has 0 saturated heterocycles. The van der Waals surface area contributed by atoms with Gasteiger partial charge in [0.25, 0.3) is 5.91 Å². The van der Waals surface area contributed by atoms with Gasteiger partial charge in [-0.25, -0.2) is 17.8 Å². The molecule has 1 fully saturated rings. The molecule has 1 heterocycles. The van der Waals surface area contributed by atoms with E-state index < -0.39 is 27.7 Å². The third-order valence-electron chi connectivity index (χ3n) is 5.34. The van der Waals surface area contributed by atoms with E-state index in [0.717, 1.165) is 12.8 Å². The topological polar surface area (TPSA) is 106 Å². The molecule has 0 bridgehead atoms. The summed E-state index contributed by atoms with van der Waals surface area (Å²) in [6.45, 7) is 1.47. The van der Waals surface area contributed by atoms with Gasteiger partial charge >= 0.3 is 0 Å². The Balaban J connectivity index is 1.86. The van der Waals surface area contributed by atoms with Gasteiger partial charge in [-0.15, -0.1) is 0 Å². The number of halogens is 1. The van der Waals surface area contributed by atoms with Gasteiger partial charge in [0.1, 0.15) is 17.4 Å². The molecule has 7 nitrogen and oxygen atoms in total. The monoisotopic (exact) mass is 436 g/mol. The zero-order chi connectivity index (χ0) is 21.9. The molecule has 1 aliphatic carbocycles. The normalized spacial score (nSPS) is 19.3. The van der Waals surface area contributed by atoms with Crippen molar-refractivity contribution in [1.29, 1.82) is 0 Å². The van der Waals surface area contributed by atoms with Crippen LogP contribution in [0.4, 0.5) is 10.2 Å². The number of aryl methyl sites for hydroxylation is 1. The molecule has 162 valence electrons. The van der Waals surface area contributed by atoms with Crippen molar-refractivity contribution in [1.82, 2.24) is 4.98 Å². The lowest BCUT2D eigenvalue weighted by atomic mass is 9.88. The Morgan fingerprint density at radius 1 is 1.27 bits per heavy atom. The Morgan fingerprint density at radius 3 is 2.67 bits per heavy atom. The number of pyridine rings is 1. The van der Waals surface area contributed by atoms with Crippen molar-refractivity contribution in [2.75, 3.05) is 18.2 Å².